The Hall–Kier alpha value is -2.37. The van der Waals surface area contributed by atoms with E-state index in [-0.39, 0.29) is 17.2 Å². The number of hydrogen-bond donors (Lipinski definition) is 0. The second kappa shape index (κ2) is 6.26. The molecule has 2 heterocycles. The van der Waals surface area contributed by atoms with E-state index >= 15 is 0 Å². The predicted molar refractivity (Wildman–Crippen MR) is 90.3 cm³/mol. The summed E-state index contributed by atoms with van der Waals surface area (Å²) >= 11 is 0. The Morgan fingerprint density at radius 1 is 1.33 bits per heavy atom. The fraction of sp³-hybridized carbons (Fsp3) is 0.500. The van der Waals surface area contributed by atoms with E-state index in [1.807, 2.05) is 52.0 Å². The Morgan fingerprint density at radius 2 is 2.08 bits per heavy atom. The topological polar surface area (TPSA) is 68.5 Å². The molecule has 1 saturated heterocycles. The van der Waals surface area contributed by atoms with E-state index in [0.29, 0.717) is 31.3 Å². The van der Waals surface area contributed by atoms with Crippen LogP contribution in [0.5, 0.6) is 5.75 Å². The quantitative estimate of drug-likeness (QED) is 0.861. The van der Waals surface area contributed by atoms with Crippen molar-refractivity contribution in [2.75, 3.05) is 18.1 Å². The van der Waals surface area contributed by atoms with Crippen molar-refractivity contribution < 1.29 is 14.1 Å². The first kappa shape index (κ1) is 16.5. The molecule has 0 bridgehead atoms. The molecule has 0 radical (unpaired) electrons. The van der Waals surface area contributed by atoms with E-state index in [9.17, 15) is 4.79 Å². The molecule has 1 aromatic carbocycles. The van der Waals surface area contributed by atoms with Gasteiger partial charge in [-0.05, 0) is 19.1 Å². The van der Waals surface area contributed by atoms with Crippen molar-refractivity contribution in [2.45, 2.75) is 45.4 Å². The number of nitrogens with zero attached hydrogens (tertiary/aromatic N) is 3. The molecule has 1 fully saturated rings. The number of carbonyl (C=O) groups excluding carboxylic acids is 1. The Morgan fingerprint density at radius 3 is 2.75 bits per heavy atom. The lowest BCUT2D eigenvalue weighted by Crippen LogP contribution is -2.25. The summed E-state index contributed by atoms with van der Waals surface area (Å²) < 4.78 is 11.1. The molecule has 1 aliphatic rings. The molecule has 6 heteroatoms. The molecule has 128 valence electrons. The van der Waals surface area contributed by atoms with Gasteiger partial charge in [0.15, 0.2) is 5.82 Å². The monoisotopic (exact) mass is 329 g/mol. The largest absolute Gasteiger partial charge is 0.492 e. The lowest BCUT2D eigenvalue weighted by molar-refractivity contribution is -0.117. The zero-order valence-electron chi connectivity index (χ0n) is 14.6. The van der Waals surface area contributed by atoms with E-state index in [1.54, 1.807) is 4.90 Å². The molecule has 0 N–H and O–H groups in total. The summed E-state index contributed by atoms with van der Waals surface area (Å²) in [6, 6.07) is 7.59. The number of amides is 1. The molecule has 2 aromatic rings. The third kappa shape index (κ3) is 3.13. The molecule has 1 aromatic heterocycles. The Kier molecular flexibility index (Phi) is 4.30. The summed E-state index contributed by atoms with van der Waals surface area (Å²) in [6.07, 6.45) is 0.367. The zero-order valence-corrected chi connectivity index (χ0v) is 14.6. The smallest absolute Gasteiger partial charge is 0.232 e. The van der Waals surface area contributed by atoms with E-state index in [0.717, 1.165) is 11.4 Å². The van der Waals surface area contributed by atoms with Gasteiger partial charge in [0.2, 0.25) is 11.8 Å². The summed E-state index contributed by atoms with van der Waals surface area (Å²) in [5, 5.41) is 4.06. The average Bonchev–Trinajstić information content (AvgIpc) is 3.14. The summed E-state index contributed by atoms with van der Waals surface area (Å²) in [7, 11) is 0. The highest BCUT2D eigenvalue weighted by molar-refractivity contribution is 5.97. The normalized spacial score (nSPS) is 18.2. The molecule has 6 nitrogen and oxygen atoms in total. The lowest BCUT2D eigenvalue weighted by Gasteiger charge is -2.19. The standard InChI is InChI=1S/C18H23N3O3/c1-5-23-14-9-7-6-8-13(14)21-11-12(10-15(21)22)16-19-17(20-24-16)18(2,3)4/h6-9,12H,5,10-11H2,1-4H3. The molecule has 0 spiro atoms. The van der Waals surface area contributed by atoms with Crippen molar-refractivity contribution >= 4 is 11.6 Å². The van der Waals surface area contributed by atoms with Crippen LogP contribution in [-0.4, -0.2) is 29.2 Å². The van der Waals surface area contributed by atoms with Crippen LogP contribution in [0.1, 0.15) is 51.7 Å². The maximum atomic E-state index is 12.5. The van der Waals surface area contributed by atoms with E-state index < -0.39 is 0 Å². The summed E-state index contributed by atoms with van der Waals surface area (Å²) in [5.41, 5.74) is 0.619. The lowest BCUT2D eigenvalue weighted by atomic mass is 9.96. The molecule has 1 atom stereocenters. The molecule has 1 unspecified atom stereocenters. The minimum atomic E-state index is -0.175. The second-order valence-corrected chi connectivity index (χ2v) is 7.01. The molecule has 0 aliphatic carbocycles. The molecule has 1 amide bonds. The maximum absolute atomic E-state index is 12.5. The van der Waals surface area contributed by atoms with E-state index in [1.165, 1.54) is 0 Å². The van der Waals surface area contributed by atoms with Crippen LogP contribution >= 0.6 is 0 Å². The molecule has 24 heavy (non-hydrogen) atoms. The van der Waals surface area contributed by atoms with Crippen LogP contribution in [0.2, 0.25) is 0 Å². The fourth-order valence-corrected chi connectivity index (χ4v) is 2.77. The van der Waals surface area contributed by atoms with Gasteiger partial charge in [-0.3, -0.25) is 4.79 Å². The fourth-order valence-electron chi connectivity index (χ4n) is 2.77. The van der Waals surface area contributed by atoms with E-state index in [2.05, 4.69) is 10.1 Å². The first-order valence-electron chi connectivity index (χ1n) is 8.26. The third-order valence-electron chi connectivity index (χ3n) is 4.04. The van der Waals surface area contributed by atoms with Crippen molar-refractivity contribution in [1.29, 1.82) is 0 Å². The minimum absolute atomic E-state index is 0.0441. The van der Waals surface area contributed by atoms with Crippen LogP contribution in [0.3, 0.4) is 0 Å². The zero-order chi connectivity index (χ0) is 17.3. The van der Waals surface area contributed by atoms with Crippen LogP contribution in [-0.2, 0) is 10.2 Å². The number of carbonyl (C=O) groups is 1. The predicted octanol–water partition coefficient (Wildman–Crippen LogP) is 3.29. The summed E-state index contributed by atoms with van der Waals surface area (Å²) in [4.78, 5) is 18.7. The van der Waals surface area contributed by atoms with Crippen molar-refractivity contribution in [1.82, 2.24) is 10.1 Å². The van der Waals surface area contributed by atoms with Crippen molar-refractivity contribution in [3.8, 4) is 5.75 Å². The average molecular weight is 329 g/mol. The van der Waals surface area contributed by atoms with Gasteiger partial charge in [-0.15, -0.1) is 0 Å². The van der Waals surface area contributed by atoms with Gasteiger partial charge in [-0.1, -0.05) is 38.1 Å². The second-order valence-electron chi connectivity index (χ2n) is 7.01. The Bertz CT molecular complexity index is 733. The Labute approximate surface area is 141 Å². The van der Waals surface area contributed by atoms with Gasteiger partial charge in [0, 0.05) is 18.4 Å². The van der Waals surface area contributed by atoms with Gasteiger partial charge < -0.3 is 14.2 Å². The van der Waals surface area contributed by atoms with E-state index in [4.69, 9.17) is 9.26 Å². The van der Waals surface area contributed by atoms with Gasteiger partial charge in [0.25, 0.3) is 0 Å². The summed E-state index contributed by atoms with van der Waals surface area (Å²) in [5.74, 6) is 1.87. The van der Waals surface area contributed by atoms with Gasteiger partial charge in [0.05, 0.1) is 18.2 Å². The van der Waals surface area contributed by atoms with Gasteiger partial charge >= 0.3 is 0 Å². The maximum Gasteiger partial charge on any atom is 0.232 e. The number of anilines is 1. The minimum Gasteiger partial charge on any atom is -0.492 e. The number of benzene rings is 1. The van der Waals surface area contributed by atoms with Gasteiger partial charge in [-0.25, -0.2) is 0 Å². The van der Waals surface area contributed by atoms with Gasteiger partial charge in [0.1, 0.15) is 5.75 Å². The number of para-hydroxylation sites is 2. The molecule has 1 aliphatic heterocycles. The van der Waals surface area contributed by atoms with Crippen LogP contribution < -0.4 is 9.64 Å². The van der Waals surface area contributed by atoms with Crippen LogP contribution in [0.4, 0.5) is 5.69 Å². The van der Waals surface area contributed by atoms with Crippen molar-refractivity contribution in [3.63, 3.8) is 0 Å². The first-order chi connectivity index (χ1) is 11.4. The highest BCUT2D eigenvalue weighted by Gasteiger charge is 2.37. The summed E-state index contributed by atoms with van der Waals surface area (Å²) in [6.45, 7) is 9.11. The van der Waals surface area contributed by atoms with Crippen LogP contribution in [0, 0.1) is 0 Å². The number of hydrogen-bond acceptors (Lipinski definition) is 5. The SMILES string of the molecule is CCOc1ccccc1N1CC(c2nc(C(C)(C)C)no2)CC1=O. The van der Waals surface area contributed by atoms with Crippen LogP contribution in [0.25, 0.3) is 0 Å². The number of rotatable bonds is 4. The van der Waals surface area contributed by atoms with Gasteiger partial charge in [-0.2, -0.15) is 4.98 Å². The van der Waals surface area contributed by atoms with Crippen molar-refractivity contribution in [3.05, 3.63) is 36.0 Å². The third-order valence-corrected chi connectivity index (χ3v) is 4.04. The molecule has 0 saturated carbocycles. The molecule has 3 rings (SSSR count). The first-order valence-corrected chi connectivity index (χ1v) is 8.26. The molecular weight excluding hydrogens is 306 g/mol. The highest BCUT2D eigenvalue weighted by atomic mass is 16.5. The number of ether oxygens (including phenoxy) is 1. The highest BCUT2D eigenvalue weighted by Crippen LogP contribution is 2.36. The van der Waals surface area contributed by atoms with Crippen LogP contribution in [0.15, 0.2) is 28.8 Å². The Balaban J connectivity index is 1.83. The molecular formula is C18H23N3O3. The van der Waals surface area contributed by atoms with Crippen molar-refractivity contribution in [2.24, 2.45) is 0 Å². The number of aromatic nitrogens is 2.